The Morgan fingerprint density at radius 1 is 1.47 bits per heavy atom. The summed E-state index contributed by atoms with van der Waals surface area (Å²) in [5, 5.41) is 10.6. The maximum atomic E-state index is 10.6. The molecule has 0 heterocycles. The highest BCUT2D eigenvalue weighted by atomic mass is 79.9. The predicted molar refractivity (Wildman–Crippen MR) is 81.5 cm³/mol. The number of hydrogen-bond acceptors (Lipinski definition) is 2. The highest BCUT2D eigenvalue weighted by Crippen LogP contribution is 2.45. The maximum Gasteiger partial charge on any atom is 0.122 e. The van der Waals surface area contributed by atoms with E-state index in [2.05, 4.69) is 29.8 Å². The number of ether oxygens (including phenoxy) is 1. The van der Waals surface area contributed by atoms with E-state index in [0.29, 0.717) is 12.3 Å². The predicted octanol–water partition coefficient (Wildman–Crippen LogP) is 4.19. The van der Waals surface area contributed by atoms with Crippen LogP contribution in [0.2, 0.25) is 0 Å². The summed E-state index contributed by atoms with van der Waals surface area (Å²) in [4.78, 5) is 0. The van der Waals surface area contributed by atoms with E-state index in [1.54, 1.807) is 7.11 Å². The first-order valence-corrected chi connectivity index (χ1v) is 7.74. The summed E-state index contributed by atoms with van der Waals surface area (Å²) in [5.74, 6) is 1.24. The molecule has 1 aromatic carbocycles. The largest absolute Gasteiger partial charge is 0.496 e. The summed E-state index contributed by atoms with van der Waals surface area (Å²) in [7, 11) is 1.68. The Morgan fingerprint density at radius 3 is 2.79 bits per heavy atom. The Balaban J connectivity index is 2.14. The summed E-state index contributed by atoms with van der Waals surface area (Å²) in [6, 6.07) is 5.96. The molecule has 1 aliphatic rings. The minimum atomic E-state index is -0.291. The van der Waals surface area contributed by atoms with Crippen LogP contribution in [-0.4, -0.2) is 18.3 Å². The van der Waals surface area contributed by atoms with Crippen LogP contribution >= 0.6 is 15.9 Å². The zero-order valence-electron chi connectivity index (χ0n) is 11.9. The van der Waals surface area contributed by atoms with Crippen molar-refractivity contribution in [2.24, 2.45) is 11.3 Å². The van der Waals surface area contributed by atoms with E-state index in [0.717, 1.165) is 22.2 Å². The summed E-state index contributed by atoms with van der Waals surface area (Å²) in [5.41, 5.74) is 1.32. The van der Waals surface area contributed by atoms with Crippen LogP contribution in [0.4, 0.5) is 0 Å². The first-order chi connectivity index (χ1) is 8.94. The Bertz CT molecular complexity index is 442. The van der Waals surface area contributed by atoms with E-state index in [1.165, 1.54) is 12.8 Å². The van der Waals surface area contributed by atoms with Crippen molar-refractivity contribution in [1.82, 2.24) is 0 Å². The molecule has 2 atom stereocenters. The zero-order chi connectivity index (χ0) is 14.0. The number of methoxy groups -OCH3 is 1. The van der Waals surface area contributed by atoms with Gasteiger partial charge in [0.25, 0.3) is 0 Å². The molecule has 19 heavy (non-hydrogen) atoms. The van der Waals surface area contributed by atoms with Crippen molar-refractivity contribution < 1.29 is 9.84 Å². The van der Waals surface area contributed by atoms with Gasteiger partial charge in [-0.1, -0.05) is 36.2 Å². The fourth-order valence-electron chi connectivity index (χ4n) is 3.34. The summed E-state index contributed by atoms with van der Waals surface area (Å²) >= 11 is 3.48. The van der Waals surface area contributed by atoms with Gasteiger partial charge >= 0.3 is 0 Å². The van der Waals surface area contributed by atoms with Gasteiger partial charge in [0.15, 0.2) is 0 Å². The Labute approximate surface area is 124 Å². The van der Waals surface area contributed by atoms with Crippen LogP contribution in [0.15, 0.2) is 22.7 Å². The van der Waals surface area contributed by atoms with Crippen LogP contribution in [0.3, 0.4) is 0 Å². The number of aliphatic hydroxyl groups excluding tert-OH is 1. The molecule has 0 radical (unpaired) electrons. The zero-order valence-corrected chi connectivity index (χ0v) is 13.5. The lowest BCUT2D eigenvalue weighted by atomic mass is 9.77. The van der Waals surface area contributed by atoms with Crippen molar-refractivity contribution in [3.63, 3.8) is 0 Å². The van der Waals surface area contributed by atoms with Crippen molar-refractivity contribution in [2.75, 3.05) is 7.11 Å². The highest BCUT2D eigenvalue weighted by molar-refractivity contribution is 9.10. The molecule has 2 nitrogen and oxygen atoms in total. The molecule has 0 aromatic heterocycles. The Morgan fingerprint density at radius 2 is 2.21 bits per heavy atom. The lowest BCUT2D eigenvalue weighted by molar-refractivity contribution is 0.0538. The molecule has 1 aromatic rings. The summed E-state index contributed by atoms with van der Waals surface area (Å²) in [6.07, 6.45) is 3.94. The van der Waals surface area contributed by atoms with E-state index in [9.17, 15) is 5.11 Å². The standard InChI is InChI=1S/C16H23BrO2/c1-16(2)8-4-5-13(16)14(18)10-11-9-12(17)6-7-15(11)19-3/h6-7,9,13-14,18H,4-5,8,10H2,1-3H3. The quantitative estimate of drug-likeness (QED) is 0.899. The van der Waals surface area contributed by atoms with Crippen molar-refractivity contribution in [2.45, 2.75) is 45.6 Å². The molecule has 1 fully saturated rings. The van der Waals surface area contributed by atoms with Crippen molar-refractivity contribution >= 4 is 15.9 Å². The van der Waals surface area contributed by atoms with E-state index in [4.69, 9.17) is 4.74 Å². The molecule has 1 aliphatic carbocycles. The van der Waals surface area contributed by atoms with Crippen LogP contribution in [0.5, 0.6) is 5.75 Å². The lowest BCUT2D eigenvalue weighted by Crippen LogP contribution is -2.31. The maximum absolute atomic E-state index is 10.6. The Kier molecular flexibility index (Phi) is 4.57. The first-order valence-electron chi connectivity index (χ1n) is 6.94. The number of aliphatic hydroxyl groups is 1. The van der Waals surface area contributed by atoms with E-state index in [-0.39, 0.29) is 11.5 Å². The van der Waals surface area contributed by atoms with Gasteiger partial charge in [0, 0.05) is 10.9 Å². The molecule has 3 heteroatoms. The van der Waals surface area contributed by atoms with Gasteiger partial charge in [0.1, 0.15) is 5.75 Å². The number of rotatable bonds is 4. The third kappa shape index (κ3) is 3.32. The summed E-state index contributed by atoms with van der Waals surface area (Å²) < 4.78 is 6.41. The number of benzene rings is 1. The molecular weight excluding hydrogens is 304 g/mol. The Hall–Kier alpha value is -0.540. The van der Waals surface area contributed by atoms with Crippen LogP contribution < -0.4 is 4.74 Å². The average Bonchev–Trinajstić information content (AvgIpc) is 2.69. The molecule has 0 amide bonds. The molecule has 2 unspecified atom stereocenters. The van der Waals surface area contributed by atoms with Crippen molar-refractivity contribution in [3.05, 3.63) is 28.2 Å². The number of halogens is 1. The van der Waals surface area contributed by atoms with E-state index >= 15 is 0 Å². The second-order valence-electron chi connectivity index (χ2n) is 6.21. The van der Waals surface area contributed by atoms with Crippen molar-refractivity contribution in [1.29, 1.82) is 0 Å². The second kappa shape index (κ2) is 5.84. The molecule has 0 saturated heterocycles. The highest BCUT2D eigenvalue weighted by Gasteiger charge is 2.38. The van der Waals surface area contributed by atoms with Gasteiger partial charge in [0.2, 0.25) is 0 Å². The van der Waals surface area contributed by atoms with Crippen LogP contribution in [0, 0.1) is 11.3 Å². The van der Waals surface area contributed by atoms with E-state index in [1.807, 2.05) is 18.2 Å². The smallest absolute Gasteiger partial charge is 0.122 e. The van der Waals surface area contributed by atoms with Crippen molar-refractivity contribution in [3.8, 4) is 5.75 Å². The third-order valence-electron chi connectivity index (χ3n) is 4.48. The topological polar surface area (TPSA) is 29.5 Å². The minimum absolute atomic E-state index is 0.249. The number of hydrogen-bond donors (Lipinski definition) is 1. The summed E-state index contributed by atoms with van der Waals surface area (Å²) in [6.45, 7) is 4.54. The molecule has 0 aliphatic heterocycles. The minimum Gasteiger partial charge on any atom is -0.496 e. The molecule has 0 spiro atoms. The lowest BCUT2D eigenvalue weighted by Gasteiger charge is -2.31. The van der Waals surface area contributed by atoms with Gasteiger partial charge in [-0.3, -0.25) is 0 Å². The second-order valence-corrected chi connectivity index (χ2v) is 7.13. The van der Waals surface area contributed by atoms with Gasteiger partial charge in [-0.05, 0) is 47.9 Å². The van der Waals surface area contributed by atoms with Gasteiger partial charge in [-0.25, -0.2) is 0 Å². The van der Waals surface area contributed by atoms with Crippen LogP contribution in [-0.2, 0) is 6.42 Å². The SMILES string of the molecule is COc1ccc(Br)cc1CC(O)C1CCCC1(C)C. The normalized spacial score (nSPS) is 23.3. The monoisotopic (exact) mass is 326 g/mol. The molecule has 2 rings (SSSR count). The van der Waals surface area contributed by atoms with Gasteiger partial charge in [-0.15, -0.1) is 0 Å². The van der Waals surface area contributed by atoms with E-state index < -0.39 is 0 Å². The first kappa shape index (κ1) is 14.9. The third-order valence-corrected chi connectivity index (χ3v) is 4.97. The fraction of sp³-hybridized carbons (Fsp3) is 0.625. The molecule has 1 saturated carbocycles. The molecule has 0 bridgehead atoms. The van der Waals surface area contributed by atoms with Gasteiger partial charge in [-0.2, -0.15) is 0 Å². The van der Waals surface area contributed by atoms with Gasteiger partial charge in [0.05, 0.1) is 13.2 Å². The van der Waals surface area contributed by atoms with Crippen LogP contribution in [0.25, 0.3) is 0 Å². The molecular formula is C16H23BrO2. The molecule has 106 valence electrons. The fourth-order valence-corrected chi connectivity index (χ4v) is 3.75. The average molecular weight is 327 g/mol. The van der Waals surface area contributed by atoms with Gasteiger partial charge < -0.3 is 9.84 Å². The van der Waals surface area contributed by atoms with Crippen LogP contribution in [0.1, 0.15) is 38.7 Å². The molecule has 1 N–H and O–H groups in total.